The Balaban J connectivity index is 2.54. The van der Waals surface area contributed by atoms with Crippen molar-refractivity contribution in [1.29, 1.82) is 0 Å². The van der Waals surface area contributed by atoms with E-state index in [9.17, 15) is 13.2 Å². The molecule has 6 heteroatoms. The highest BCUT2D eigenvalue weighted by Gasteiger charge is 2.26. The summed E-state index contributed by atoms with van der Waals surface area (Å²) in [5.41, 5.74) is 0.957. The number of hydrogen-bond acceptors (Lipinski definition) is 2. The first-order valence-corrected chi connectivity index (χ1v) is 7.74. The van der Waals surface area contributed by atoms with Gasteiger partial charge in [0, 0.05) is 30.1 Å². The van der Waals surface area contributed by atoms with Gasteiger partial charge in [-0.05, 0) is 24.1 Å². The molecule has 120 valence electrons. The Bertz CT molecular complexity index is 406. The standard InChI is InChI=1S/C15H21BrF3NO/c1-11(2)20-10-14(12-4-6-13(16)7-5-12)21-9-3-8-15(17,18)19/h4-7,11,14,20H,3,8-10H2,1-2H3. The SMILES string of the molecule is CC(C)NCC(OCCCC(F)(F)F)c1ccc(Br)cc1. The van der Waals surface area contributed by atoms with E-state index in [0.29, 0.717) is 12.6 Å². The second kappa shape index (κ2) is 8.76. The molecule has 1 rings (SSSR count). The number of benzene rings is 1. The van der Waals surface area contributed by atoms with Crippen molar-refractivity contribution < 1.29 is 17.9 Å². The maximum atomic E-state index is 12.1. The quantitative estimate of drug-likeness (QED) is 0.663. The van der Waals surface area contributed by atoms with Crippen molar-refractivity contribution in [2.45, 2.75) is 45.0 Å². The van der Waals surface area contributed by atoms with Crippen molar-refractivity contribution in [3.63, 3.8) is 0 Å². The third-order valence-corrected chi connectivity index (χ3v) is 3.41. The molecule has 1 N–H and O–H groups in total. The van der Waals surface area contributed by atoms with Gasteiger partial charge in [0.1, 0.15) is 0 Å². The molecule has 0 aliphatic carbocycles. The lowest BCUT2D eigenvalue weighted by molar-refractivity contribution is -0.138. The molecule has 2 nitrogen and oxygen atoms in total. The highest BCUT2D eigenvalue weighted by Crippen LogP contribution is 2.23. The van der Waals surface area contributed by atoms with Crippen LogP contribution in [0.1, 0.15) is 38.4 Å². The summed E-state index contributed by atoms with van der Waals surface area (Å²) < 4.78 is 43.0. The monoisotopic (exact) mass is 367 g/mol. The molecule has 0 radical (unpaired) electrons. The molecule has 0 saturated heterocycles. The molecule has 1 unspecified atom stereocenters. The van der Waals surface area contributed by atoms with Gasteiger partial charge in [-0.1, -0.05) is 41.9 Å². The van der Waals surface area contributed by atoms with E-state index in [1.165, 1.54) is 0 Å². The van der Waals surface area contributed by atoms with E-state index in [4.69, 9.17) is 4.74 Å². The minimum Gasteiger partial charge on any atom is -0.372 e. The van der Waals surface area contributed by atoms with Crippen LogP contribution in [0.25, 0.3) is 0 Å². The molecule has 1 atom stereocenters. The Morgan fingerprint density at radius 1 is 1.19 bits per heavy atom. The molecule has 1 aromatic rings. The predicted molar refractivity (Wildman–Crippen MR) is 81.3 cm³/mol. The molecule has 0 bridgehead atoms. The molecule has 0 aliphatic heterocycles. The summed E-state index contributed by atoms with van der Waals surface area (Å²) in [5, 5.41) is 3.26. The lowest BCUT2D eigenvalue weighted by Gasteiger charge is -2.21. The van der Waals surface area contributed by atoms with Gasteiger partial charge in [-0.2, -0.15) is 13.2 Å². The fraction of sp³-hybridized carbons (Fsp3) is 0.600. The van der Waals surface area contributed by atoms with Crippen molar-refractivity contribution in [3.8, 4) is 0 Å². The van der Waals surface area contributed by atoms with Crippen LogP contribution in [-0.4, -0.2) is 25.4 Å². The Labute approximate surface area is 132 Å². The highest BCUT2D eigenvalue weighted by molar-refractivity contribution is 9.10. The first-order valence-electron chi connectivity index (χ1n) is 6.95. The van der Waals surface area contributed by atoms with Gasteiger partial charge in [0.05, 0.1) is 6.10 Å². The molecule has 0 aromatic heterocycles. The maximum Gasteiger partial charge on any atom is 0.389 e. The minimum absolute atomic E-state index is 0.0157. The summed E-state index contributed by atoms with van der Waals surface area (Å²) in [5.74, 6) is 0. The summed E-state index contributed by atoms with van der Waals surface area (Å²) >= 11 is 3.36. The van der Waals surface area contributed by atoms with Crippen LogP contribution in [0.3, 0.4) is 0 Å². The molecule has 21 heavy (non-hydrogen) atoms. The third-order valence-electron chi connectivity index (χ3n) is 2.88. The molecule has 0 saturated carbocycles. The van der Waals surface area contributed by atoms with E-state index in [-0.39, 0.29) is 19.1 Å². The van der Waals surface area contributed by atoms with Crippen molar-refractivity contribution >= 4 is 15.9 Å². The predicted octanol–water partition coefficient (Wildman–Crippen LogP) is 4.85. The van der Waals surface area contributed by atoms with Crippen molar-refractivity contribution in [2.75, 3.05) is 13.2 Å². The Hall–Kier alpha value is -0.590. The molecular weight excluding hydrogens is 347 g/mol. The summed E-state index contributed by atoms with van der Waals surface area (Å²) in [7, 11) is 0. The van der Waals surface area contributed by atoms with Crippen LogP contribution < -0.4 is 5.32 Å². The number of nitrogens with one attached hydrogen (secondary N) is 1. The summed E-state index contributed by atoms with van der Waals surface area (Å²) in [4.78, 5) is 0. The van der Waals surface area contributed by atoms with Gasteiger partial charge in [-0.3, -0.25) is 0 Å². The van der Waals surface area contributed by atoms with Crippen LogP contribution in [0, 0.1) is 0 Å². The van der Waals surface area contributed by atoms with E-state index < -0.39 is 12.6 Å². The van der Waals surface area contributed by atoms with Crippen molar-refractivity contribution in [2.24, 2.45) is 0 Å². The van der Waals surface area contributed by atoms with Crippen molar-refractivity contribution in [1.82, 2.24) is 5.32 Å². The molecule has 0 fully saturated rings. The smallest absolute Gasteiger partial charge is 0.372 e. The highest BCUT2D eigenvalue weighted by atomic mass is 79.9. The molecular formula is C15H21BrF3NO. The van der Waals surface area contributed by atoms with Crippen LogP contribution in [0.5, 0.6) is 0 Å². The molecule has 0 spiro atoms. The number of halogens is 4. The van der Waals surface area contributed by atoms with E-state index >= 15 is 0 Å². The van der Waals surface area contributed by atoms with Crippen LogP contribution in [-0.2, 0) is 4.74 Å². The van der Waals surface area contributed by atoms with E-state index in [0.717, 1.165) is 10.0 Å². The fourth-order valence-electron chi connectivity index (χ4n) is 1.79. The summed E-state index contributed by atoms with van der Waals surface area (Å²) in [6.45, 7) is 4.70. The van der Waals surface area contributed by atoms with Crippen LogP contribution in [0.4, 0.5) is 13.2 Å². The topological polar surface area (TPSA) is 21.3 Å². The summed E-state index contributed by atoms with van der Waals surface area (Å²) in [6.07, 6.45) is -5.18. The zero-order chi connectivity index (χ0) is 15.9. The Morgan fingerprint density at radius 2 is 1.81 bits per heavy atom. The molecule has 1 aromatic carbocycles. The van der Waals surface area contributed by atoms with Crippen LogP contribution in [0.15, 0.2) is 28.7 Å². The van der Waals surface area contributed by atoms with E-state index in [2.05, 4.69) is 21.2 Å². The van der Waals surface area contributed by atoms with E-state index in [1.807, 2.05) is 38.1 Å². The largest absolute Gasteiger partial charge is 0.389 e. The Morgan fingerprint density at radius 3 is 2.33 bits per heavy atom. The van der Waals surface area contributed by atoms with E-state index in [1.54, 1.807) is 0 Å². The maximum absolute atomic E-state index is 12.1. The van der Waals surface area contributed by atoms with Gasteiger partial charge >= 0.3 is 6.18 Å². The molecule has 0 heterocycles. The van der Waals surface area contributed by atoms with Gasteiger partial charge in [-0.25, -0.2) is 0 Å². The first kappa shape index (κ1) is 18.5. The zero-order valence-electron chi connectivity index (χ0n) is 12.2. The van der Waals surface area contributed by atoms with Gasteiger partial charge in [0.25, 0.3) is 0 Å². The second-order valence-electron chi connectivity index (χ2n) is 5.19. The summed E-state index contributed by atoms with van der Waals surface area (Å²) in [6, 6.07) is 7.93. The van der Waals surface area contributed by atoms with Gasteiger partial charge < -0.3 is 10.1 Å². The zero-order valence-corrected chi connectivity index (χ0v) is 13.8. The number of hydrogen-bond donors (Lipinski definition) is 1. The molecule has 0 amide bonds. The van der Waals surface area contributed by atoms with Crippen LogP contribution in [0.2, 0.25) is 0 Å². The first-order chi connectivity index (χ1) is 9.78. The second-order valence-corrected chi connectivity index (χ2v) is 6.11. The number of alkyl halides is 3. The minimum atomic E-state index is -4.12. The fourth-order valence-corrected chi connectivity index (χ4v) is 2.06. The Kier molecular flexibility index (Phi) is 7.70. The van der Waals surface area contributed by atoms with Crippen LogP contribution >= 0.6 is 15.9 Å². The van der Waals surface area contributed by atoms with Gasteiger partial charge in [-0.15, -0.1) is 0 Å². The lowest BCUT2D eigenvalue weighted by atomic mass is 10.1. The number of ether oxygens (including phenoxy) is 1. The molecule has 0 aliphatic rings. The van der Waals surface area contributed by atoms with Gasteiger partial charge in [0.2, 0.25) is 0 Å². The third kappa shape index (κ3) is 8.44. The lowest BCUT2D eigenvalue weighted by Crippen LogP contribution is -2.29. The number of rotatable bonds is 8. The van der Waals surface area contributed by atoms with Gasteiger partial charge in [0.15, 0.2) is 0 Å². The average molecular weight is 368 g/mol. The average Bonchev–Trinajstić information content (AvgIpc) is 2.38. The normalized spacial score (nSPS) is 13.7. The van der Waals surface area contributed by atoms with Crippen molar-refractivity contribution in [3.05, 3.63) is 34.3 Å².